The Morgan fingerprint density at radius 1 is 1.10 bits per heavy atom. The van der Waals surface area contributed by atoms with Gasteiger partial charge in [-0.2, -0.15) is 5.48 Å². The van der Waals surface area contributed by atoms with Crippen LogP contribution in [0, 0.1) is 11.8 Å². The van der Waals surface area contributed by atoms with E-state index in [1.165, 1.54) is 0 Å². The first-order valence-corrected chi connectivity index (χ1v) is 11.8. The fraction of sp³-hybridized carbons (Fsp3) is 1.00. The van der Waals surface area contributed by atoms with Crippen LogP contribution >= 0.6 is 0 Å². The van der Waals surface area contributed by atoms with Crippen LogP contribution in [0.4, 0.5) is 13.2 Å². The monoisotopic (exact) mass is 449 g/mol. The number of piperidine rings is 1. The average Bonchev–Trinajstić information content (AvgIpc) is 3.36. The lowest BCUT2D eigenvalue weighted by Crippen LogP contribution is -2.54. The van der Waals surface area contributed by atoms with Crippen LogP contribution in [0.2, 0.25) is 0 Å². The molecule has 0 aromatic rings. The number of likely N-dealkylation sites (tertiary alicyclic amines) is 1. The standard InChI is InChI=1S/C21H38F3N5O2/c1-28(2)18-9-8-15(12-25-18)19-26-20(31-27-19)17-7-4-10-29(17)13-14-5-3-6-16(11-14)30-21(22,23)24/h14-20,25-27H,3-13H2,1-2H3. The van der Waals surface area contributed by atoms with Gasteiger partial charge in [0.05, 0.1) is 24.5 Å². The van der Waals surface area contributed by atoms with Crippen molar-refractivity contribution in [1.82, 2.24) is 25.9 Å². The Morgan fingerprint density at radius 2 is 1.94 bits per heavy atom. The molecule has 4 fully saturated rings. The summed E-state index contributed by atoms with van der Waals surface area (Å²) >= 11 is 0. The normalized spacial score (nSPS) is 40.6. The predicted molar refractivity (Wildman–Crippen MR) is 111 cm³/mol. The fourth-order valence-electron chi connectivity index (χ4n) is 5.86. The number of halogens is 3. The first-order chi connectivity index (χ1) is 14.8. The largest absolute Gasteiger partial charge is 0.522 e. The number of nitrogens with zero attached hydrogens (tertiary/aromatic N) is 2. The van der Waals surface area contributed by atoms with Crippen molar-refractivity contribution in [3.63, 3.8) is 0 Å². The second kappa shape index (κ2) is 10.2. The molecule has 0 radical (unpaired) electrons. The van der Waals surface area contributed by atoms with E-state index in [9.17, 15) is 13.2 Å². The molecular weight excluding hydrogens is 411 g/mol. The Bertz CT molecular complexity index is 574. The van der Waals surface area contributed by atoms with Crippen molar-refractivity contribution in [3.8, 4) is 0 Å². The maximum atomic E-state index is 12.6. The van der Waals surface area contributed by atoms with Gasteiger partial charge in [-0.05, 0) is 71.5 Å². The molecule has 0 bridgehead atoms. The molecule has 7 atom stereocenters. The van der Waals surface area contributed by atoms with Crippen molar-refractivity contribution in [2.45, 2.75) is 88.4 Å². The van der Waals surface area contributed by atoms with Crippen LogP contribution in [0.25, 0.3) is 0 Å². The zero-order chi connectivity index (χ0) is 22.0. The fourth-order valence-corrected chi connectivity index (χ4v) is 5.86. The third-order valence-corrected chi connectivity index (χ3v) is 7.48. The molecule has 7 unspecified atom stereocenters. The second-order valence-electron chi connectivity index (χ2n) is 9.95. The summed E-state index contributed by atoms with van der Waals surface area (Å²) in [5.74, 6) is 0.715. The molecule has 180 valence electrons. The van der Waals surface area contributed by atoms with E-state index < -0.39 is 12.5 Å². The second-order valence-corrected chi connectivity index (χ2v) is 9.95. The summed E-state index contributed by atoms with van der Waals surface area (Å²) in [7, 11) is 4.20. The lowest BCUT2D eigenvalue weighted by molar-refractivity contribution is -0.346. The van der Waals surface area contributed by atoms with Gasteiger partial charge in [0.15, 0.2) is 0 Å². The van der Waals surface area contributed by atoms with E-state index in [0.717, 1.165) is 58.2 Å². The van der Waals surface area contributed by atoms with Gasteiger partial charge in [-0.25, -0.2) is 0 Å². The molecule has 0 spiro atoms. The van der Waals surface area contributed by atoms with E-state index in [1.807, 2.05) is 0 Å². The van der Waals surface area contributed by atoms with Gasteiger partial charge in [-0.1, -0.05) is 6.42 Å². The highest BCUT2D eigenvalue weighted by molar-refractivity contribution is 4.92. The number of nitrogens with one attached hydrogen (secondary N) is 3. The zero-order valence-electron chi connectivity index (χ0n) is 18.7. The molecule has 1 saturated carbocycles. The van der Waals surface area contributed by atoms with Crippen molar-refractivity contribution in [3.05, 3.63) is 0 Å². The minimum Gasteiger partial charge on any atom is -0.301 e. The number of hydroxylamine groups is 1. The molecule has 1 aliphatic carbocycles. The zero-order valence-corrected chi connectivity index (χ0v) is 18.7. The lowest BCUT2D eigenvalue weighted by atomic mass is 9.86. The molecule has 0 aromatic heterocycles. The number of rotatable bonds is 6. The van der Waals surface area contributed by atoms with Gasteiger partial charge in [0, 0.05) is 19.0 Å². The quantitative estimate of drug-likeness (QED) is 0.575. The summed E-state index contributed by atoms with van der Waals surface area (Å²) < 4.78 is 42.2. The molecule has 4 rings (SSSR count). The van der Waals surface area contributed by atoms with Crippen molar-refractivity contribution in [2.24, 2.45) is 11.8 Å². The summed E-state index contributed by atoms with van der Waals surface area (Å²) in [6, 6.07) is 0.257. The minimum atomic E-state index is -4.54. The number of hydrogen-bond acceptors (Lipinski definition) is 7. The average molecular weight is 450 g/mol. The van der Waals surface area contributed by atoms with E-state index in [0.29, 0.717) is 24.9 Å². The first-order valence-electron chi connectivity index (χ1n) is 11.8. The van der Waals surface area contributed by atoms with Gasteiger partial charge < -0.3 is 5.32 Å². The summed E-state index contributed by atoms with van der Waals surface area (Å²) in [6.07, 6.45) is 2.40. The van der Waals surface area contributed by atoms with Gasteiger partial charge >= 0.3 is 6.36 Å². The molecule has 3 saturated heterocycles. The van der Waals surface area contributed by atoms with Crippen molar-refractivity contribution in [1.29, 1.82) is 0 Å². The number of ether oxygens (including phenoxy) is 1. The highest BCUT2D eigenvalue weighted by Gasteiger charge is 2.42. The smallest absolute Gasteiger partial charge is 0.301 e. The Kier molecular flexibility index (Phi) is 7.78. The van der Waals surface area contributed by atoms with Crippen LogP contribution in [0.1, 0.15) is 51.4 Å². The third kappa shape index (κ3) is 6.31. The van der Waals surface area contributed by atoms with Crippen LogP contribution in [0.5, 0.6) is 0 Å². The molecule has 3 heterocycles. The Morgan fingerprint density at radius 3 is 2.65 bits per heavy atom. The summed E-state index contributed by atoms with van der Waals surface area (Å²) in [5.41, 5.74) is 3.22. The van der Waals surface area contributed by atoms with Crippen molar-refractivity contribution < 1.29 is 22.7 Å². The molecule has 10 heteroatoms. The van der Waals surface area contributed by atoms with Crippen molar-refractivity contribution >= 4 is 0 Å². The molecule has 31 heavy (non-hydrogen) atoms. The highest BCUT2D eigenvalue weighted by atomic mass is 19.4. The SMILES string of the molecule is CN(C)C1CCC(C2NOC(C3CCCN3CC3CCCC(OC(F)(F)F)C3)N2)CN1. The Balaban J connectivity index is 1.25. The molecular formula is C21H38F3N5O2. The molecule has 3 aliphatic heterocycles. The first kappa shape index (κ1) is 23.7. The molecule has 7 nitrogen and oxygen atoms in total. The molecule has 0 aromatic carbocycles. The molecule has 0 amide bonds. The minimum absolute atomic E-state index is 0.0788. The van der Waals surface area contributed by atoms with E-state index in [-0.39, 0.29) is 24.4 Å². The highest BCUT2D eigenvalue weighted by Crippen LogP contribution is 2.34. The van der Waals surface area contributed by atoms with E-state index in [4.69, 9.17) is 4.84 Å². The molecule has 3 N–H and O–H groups in total. The molecule has 4 aliphatic rings. The van der Waals surface area contributed by atoms with Gasteiger partial charge in [-0.3, -0.25) is 24.7 Å². The third-order valence-electron chi connectivity index (χ3n) is 7.48. The van der Waals surface area contributed by atoms with Gasteiger partial charge in [-0.15, -0.1) is 13.2 Å². The van der Waals surface area contributed by atoms with E-state index in [2.05, 4.69) is 44.7 Å². The Hall–Kier alpha value is -0.490. The van der Waals surface area contributed by atoms with Crippen LogP contribution in [0.15, 0.2) is 0 Å². The van der Waals surface area contributed by atoms with Crippen LogP contribution in [-0.4, -0.2) is 80.6 Å². The van der Waals surface area contributed by atoms with Gasteiger partial charge in [0.2, 0.25) is 0 Å². The number of hydrogen-bond donors (Lipinski definition) is 3. The Labute approximate surface area is 183 Å². The van der Waals surface area contributed by atoms with Gasteiger partial charge in [0.25, 0.3) is 0 Å². The van der Waals surface area contributed by atoms with Crippen molar-refractivity contribution in [2.75, 3.05) is 33.7 Å². The van der Waals surface area contributed by atoms with E-state index in [1.54, 1.807) is 0 Å². The topological polar surface area (TPSA) is 61.0 Å². The van der Waals surface area contributed by atoms with Crippen LogP contribution in [0.3, 0.4) is 0 Å². The van der Waals surface area contributed by atoms with Gasteiger partial charge in [0.1, 0.15) is 6.23 Å². The predicted octanol–water partition coefficient (Wildman–Crippen LogP) is 2.21. The summed E-state index contributed by atoms with van der Waals surface area (Å²) in [5, 5.41) is 7.25. The van der Waals surface area contributed by atoms with Crippen LogP contribution < -0.4 is 16.1 Å². The summed E-state index contributed by atoms with van der Waals surface area (Å²) in [6.45, 7) is 2.75. The maximum Gasteiger partial charge on any atom is 0.522 e. The summed E-state index contributed by atoms with van der Waals surface area (Å²) in [4.78, 5) is 10.6. The maximum absolute atomic E-state index is 12.6. The number of alkyl halides is 3. The van der Waals surface area contributed by atoms with Crippen LogP contribution in [-0.2, 0) is 9.57 Å². The lowest BCUT2D eigenvalue weighted by Gasteiger charge is -2.36. The van der Waals surface area contributed by atoms with E-state index >= 15 is 0 Å².